The number of nitrogens with zero attached hydrogens (tertiary/aromatic N) is 1. The minimum absolute atomic E-state index is 0.182. The van der Waals surface area contributed by atoms with E-state index in [4.69, 9.17) is 11.6 Å². The largest absolute Gasteiger partial charge is 0.307 e. The topological polar surface area (TPSA) is 42.0 Å². The first-order valence-corrected chi connectivity index (χ1v) is 6.30. The van der Waals surface area contributed by atoms with Crippen molar-refractivity contribution in [3.63, 3.8) is 0 Å². The average Bonchev–Trinajstić information content (AvgIpc) is 2.41. The van der Waals surface area contributed by atoms with Crippen LogP contribution in [-0.4, -0.2) is 10.9 Å². The lowest BCUT2D eigenvalue weighted by Gasteiger charge is -2.04. The zero-order valence-corrected chi connectivity index (χ0v) is 11.5. The molecule has 1 N–H and O–H groups in total. The lowest BCUT2D eigenvalue weighted by atomic mass is 10.2. The van der Waals surface area contributed by atoms with E-state index >= 15 is 0 Å². The summed E-state index contributed by atoms with van der Waals surface area (Å²) in [6.07, 6.45) is 4.14. The predicted octanol–water partition coefficient (Wildman–Crippen LogP) is 3.83. The highest BCUT2D eigenvalue weighted by molar-refractivity contribution is 6.32. The van der Waals surface area contributed by atoms with Gasteiger partial charge in [-0.1, -0.05) is 23.7 Å². The van der Waals surface area contributed by atoms with Crippen LogP contribution in [0.3, 0.4) is 0 Å². The van der Waals surface area contributed by atoms with E-state index in [1.807, 2.05) is 13.0 Å². The number of hydrogen-bond acceptors (Lipinski definition) is 2. The molecule has 2 aromatic rings. The predicted molar refractivity (Wildman–Crippen MR) is 78.0 cm³/mol. The number of anilines is 1. The monoisotopic (exact) mass is 290 g/mol. The zero-order chi connectivity index (χ0) is 14.5. The zero-order valence-electron chi connectivity index (χ0n) is 10.7. The fraction of sp³-hybridized carbons (Fsp3) is 0.0667. The maximum Gasteiger partial charge on any atom is 0.249 e. The molecule has 1 aromatic heterocycles. The van der Waals surface area contributed by atoms with Gasteiger partial charge in [0.05, 0.1) is 5.02 Å². The van der Waals surface area contributed by atoms with Crippen molar-refractivity contribution in [1.82, 2.24) is 4.98 Å². The summed E-state index contributed by atoms with van der Waals surface area (Å²) in [5, 5.41) is 2.87. The number of carbonyl (C=O) groups is 1. The normalized spacial score (nSPS) is 10.8. The summed E-state index contributed by atoms with van der Waals surface area (Å²) in [5.74, 6) is -0.400. The number of hydrogen-bond donors (Lipinski definition) is 1. The van der Waals surface area contributed by atoms with Crippen molar-refractivity contribution in [2.24, 2.45) is 0 Å². The van der Waals surface area contributed by atoms with E-state index in [1.54, 1.807) is 18.3 Å². The first kappa shape index (κ1) is 14.2. The fourth-order valence-corrected chi connectivity index (χ4v) is 1.83. The number of amides is 1. The van der Waals surface area contributed by atoms with Gasteiger partial charge >= 0.3 is 0 Å². The van der Waals surface area contributed by atoms with Gasteiger partial charge in [-0.25, -0.2) is 9.37 Å². The Morgan fingerprint density at radius 2 is 2.15 bits per heavy atom. The van der Waals surface area contributed by atoms with Crippen LogP contribution in [0, 0.1) is 12.7 Å². The highest BCUT2D eigenvalue weighted by Gasteiger charge is 2.05. The highest BCUT2D eigenvalue weighted by Crippen LogP contribution is 2.20. The molecule has 102 valence electrons. The molecule has 0 radical (unpaired) electrons. The quantitative estimate of drug-likeness (QED) is 0.873. The number of aryl methyl sites for hydroxylation is 1. The Balaban J connectivity index is 2.12. The maximum absolute atomic E-state index is 13.5. The summed E-state index contributed by atoms with van der Waals surface area (Å²) in [7, 11) is 0. The summed E-state index contributed by atoms with van der Waals surface area (Å²) in [6, 6.07) is 7.96. The summed E-state index contributed by atoms with van der Waals surface area (Å²) >= 11 is 5.86. The minimum atomic E-state index is -0.476. The molecule has 0 saturated carbocycles. The van der Waals surface area contributed by atoms with E-state index in [0.29, 0.717) is 5.82 Å². The first-order valence-electron chi connectivity index (χ1n) is 5.92. The smallest absolute Gasteiger partial charge is 0.249 e. The summed E-state index contributed by atoms with van der Waals surface area (Å²) in [6.45, 7) is 1.83. The molecule has 20 heavy (non-hydrogen) atoms. The van der Waals surface area contributed by atoms with Crippen LogP contribution in [0.4, 0.5) is 10.2 Å². The van der Waals surface area contributed by atoms with E-state index in [2.05, 4.69) is 10.3 Å². The highest BCUT2D eigenvalue weighted by atomic mass is 35.5. The SMILES string of the molecule is Cc1cccnc1NC(=O)C=Cc1c(F)cccc1Cl. The standard InChI is InChI=1S/C15H12ClFN2O/c1-10-4-3-9-18-15(10)19-14(20)8-7-11-12(16)5-2-6-13(11)17/h2-9H,1H3,(H,18,19,20). The summed E-state index contributed by atoms with van der Waals surface area (Å²) in [5.41, 5.74) is 1.03. The molecule has 0 spiro atoms. The first-order chi connectivity index (χ1) is 9.58. The Hall–Kier alpha value is -2.20. The molecule has 5 heteroatoms. The van der Waals surface area contributed by atoms with E-state index < -0.39 is 11.7 Å². The molecule has 0 atom stereocenters. The van der Waals surface area contributed by atoms with Crippen LogP contribution in [0.25, 0.3) is 6.08 Å². The fourth-order valence-electron chi connectivity index (χ4n) is 1.60. The lowest BCUT2D eigenvalue weighted by Crippen LogP contribution is -2.10. The van der Waals surface area contributed by atoms with Crippen molar-refractivity contribution in [1.29, 1.82) is 0 Å². The third kappa shape index (κ3) is 3.42. The molecule has 0 aliphatic heterocycles. The molecule has 0 unspecified atom stereocenters. The number of nitrogens with one attached hydrogen (secondary N) is 1. The average molecular weight is 291 g/mol. The van der Waals surface area contributed by atoms with E-state index in [-0.39, 0.29) is 10.6 Å². The van der Waals surface area contributed by atoms with Gasteiger partial charge in [0, 0.05) is 17.8 Å². The van der Waals surface area contributed by atoms with Crippen molar-refractivity contribution < 1.29 is 9.18 Å². The van der Waals surface area contributed by atoms with Crippen molar-refractivity contribution in [3.8, 4) is 0 Å². The van der Waals surface area contributed by atoms with Crippen molar-refractivity contribution in [3.05, 3.63) is 64.6 Å². The van der Waals surface area contributed by atoms with Gasteiger partial charge in [0.15, 0.2) is 0 Å². The molecule has 2 rings (SSSR count). The lowest BCUT2D eigenvalue weighted by molar-refractivity contribution is -0.111. The molecular weight excluding hydrogens is 279 g/mol. The van der Waals surface area contributed by atoms with Crippen LogP contribution in [0.1, 0.15) is 11.1 Å². The third-order valence-electron chi connectivity index (χ3n) is 2.65. The number of carbonyl (C=O) groups excluding carboxylic acids is 1. The van der Waals surface area contributed by atoms with Crippen molar-refractivity contribution in [2.45, 2.75) is 6.92 Å². The van der Waals surface area contributed by atoms with Crippen LogP contribution >= 0.6 is 11.6 Å². The molecule has 0 aliphatic rings. The summed E-state index contributed by atoms with van der Waals surface area (Å²) < 4.78 is 13.5. The second kappa shape index (κ2) is 6.30. The van der Waals surface area contributed by atoms with Gasteiger partial charge in [-0.3, -0.25) is 4.79 Å². The van der Waals surface area contributed by atoms with Crippen LogP contribution in [0.15, 0.2) is 42.6 Å². The number of aromatic nitrogens is 1. The second-order valence-electron chi connectivity index (χ2n) is 4.13. The van der Waals surface area contributed by atoms with E-state index in [9.17, 15) is 9.18 Å². The number of benzene rings is 1. The molecule has 0 aliphatic carbocycles. The molecule has 3 nitrogen and oxygen atoms in total. The molecule has 1 heterocycles. The Kier molecular flexibility index (Phi) is 4.48. The van der Waals surface area contributed by atoms with Crippen LogP contribution in [-0.2, 0) is 4.79 Å². The van der Waals surface area contributed by atoms with Gasteiger partial charge in [-0.05, 0) is 36.8 Å². The van der Waals surface area contributed by atoms with Crippen molar-refractivity contribution >= 4 is 29.4 Å². The molecular formula is C15H12ClFN2O. The second-order valence-corrected chi connectivity index (χ2v) is 4.53. The van der Waals surface area contributed by atoms with Crippen molar-refractivity contribution in [2.75, 3.05) is 5.32 Å². The number of rotatable bonds is 3. The van der Waals surface area contributed by atoms with E-state index in [0.717, 1.165) is 5.56 Å². The minimum Gasteiger partial charge on any atom is -0.307 e. The molecule has 1 amide bonds. The number of halogens is 2. The van der Waals surface area contributed by atoms with Gasteiger partial charge in [0.25, 0.3) is 0 Å². The number of pyridine rings is 1. The maximum atomic E-state index is 13.5. The molecule has 0 saturated heterocycles. The van der Waals surface area contributed by atoms with E-state index in [1.165, 1.54) is 24.3 Å². The molecule has 0 fully saturated rings. The summed E-state index contributed by atoms with van der Waals surface area (Å²) in [4.78, 5) is 15.8. The van der Waals surface area contributed by atoms with Crippen LogP contribution in [0.2, 0.25) is 5.02 Å². The Bertz CT molecular complexity index is 650. The molecule has 1 aromatic carbocycles. The Labute approximate surface area is 121 Å². The van der Waals surface area contributed by atoms with Gasteiger partial charge in [0.2, 0.25) is 5.91 Å². The van der Waals surface area contributed by atoms with Gasteiger partial charge in [-0.15, -0.1) is 0 Å². The van der Waals surface area contributed by atoms with Gasteiger partial charge < -0.3 is 5.32 Å². The van der Waals surface area contributed by atoms with Crippen LogP contribution in [0.5, 0.6) is 0 Å². The molecule has 0 bridgehead atoms. The van der Waals surface area contributed by atoms with Gasteiger partial charge in [0.1, 0.15) is 11.6 Å². The Morgan fingerprint density at radius 3 is 2.85 bits per heavy atom. The Morgan fingerprint density at radius 1 is 1.35 bits per heavy atom. The third-order valence-corrected chi connectivity index (χ3v) is 2.98. The van der Waals surface area contributed by atoms with Crippen LogP contribution < -0.4 is 5.32 Å². The van der Waals surface area contributed by atoms with Gasteiger partial charge in [-0.2, -0.15) is 0 Å².